The summed E-state index contributed by atoms with van der Waals surface area (Å²) in [5.74, 6) is -0.0472. The third-order valence-electron chi connectivity index (χ3n) is 2.93. The number of H-pyrrole nitrogens is 1. The first-order chi connectivity index (χ1) is 9.51. The Kier molecular flexibility index (Phi) is 4.25. The number of benzene rings is 1. The minimum absolute atomic E-state index is 0.00477. The number of rotatable bonds is 3. The van der Waals surface area contributed by atoms with Crippen LogP contribution in [0.3, 0.4) is 0 Å². The number of hydrogen-bond acceptors (Lipinski definition) is 3. The second kappa shape index (κ2) is 5.92. The highest BCUT2D eigenvalue weighted by atomic mass is 35.5. The van der Waals surface area contributed by atoms with Gasteiger partial charge in [0.25, 0.3) is 0 Å². The van der Waals surface area contributed by atoms with Gasteiger partial charge in [0.15, 0.2) is 5.78 Å². The van der Waals surface area contributed by atoms with Crippen LogP contribution >= 0.6 is 11.6 Å². The molecule has 104 valence electrons. The predicted octanol–water partition coefficient (Wildman–Crippen LogP) is 3.37. The van der Waals surface area contributed by atoms with Gasteiger partial charge < -0.3 is 10.1 Å². The summed E-state index contributed by atoms with van der Waals surface area (Å²) in [5.41, 5.74) is 2.38. The molecule has 2 aromatic rings. The number of carbonyl (C=O) groups is 1. The Balaban J connectivity index is 2.55. The molecule has 20 heavy (non-hydrogen) atoms. The lowest BCUT2D eigenvalue weighted by Crippen LogP contribution is -2.14. The zero-order chi connectivity index (χ0) is 14.7. The van der Waals surface area contributed by atoms with Gasteiger partial charge in [-0.3, -0.25) is 4.79 Å². The van der Waals surface area contributed by atoms with E-state index in [4.69, 9.17) is 11.6 Å². The van der Waals surface area contributed by atoms with E-state index >= 15 is 0 Å². The highest BCUT2D eigenvalue weighted by Crippen LogP contribution is 2.28. The molecule has 0 aliphatic carbocycles. The van der Waals surface area contributed by atoms with E-state index in [1.807, 2.05) is 13.0 Å². The fourth-order valence-electron chi connectivity index (χ4n) is 1.91. The first-order valence-electron chi connectivity index (χ1n) is 6.27. The third-order valence-corrected chi connectivity index (χ3v) is 3.16. The van der Waals surface area contributed by atoms with Crippen LogP contribution < -0.4 is 5.49 Å². The van der Waals surface area contributed by atoms with Crippen LogP contribution in [-0.2, 0) is 6.42 Å². The van der Waals surface area contributed by atoms with Crippen LogP contribution in [0.2, 0.25) is 5.02 Å². The summed E-state index contributed by atoms with van der Waals surface area (Å²) in [6.07, 6.45) is 0.762. The number of phenols is 1. The Morgan fingerprint density at radius 2 is 2.10 bits per heavy atom. The van der Waals surface area contributed by atoms with Crippen molar-refractivity contribution in [3.05, 3.63) is 52.1 Å². The Morgan fingerprint density at radius 3 is 2.70 bits per heavy atom. The van der Waals surface area contributed by atoms with Gasteiger partial charge in [0.1, 0.15) is 16.9 Å². The summed E-state index contributed by atoms with van der Waals surface area (Å²) in [6.45, 7) is 3.49. The largest absolute Gasteiger partial charge is 0.506 e. The monoisotopic (exact) mass is 290 g/mol. The van der Waals surface area contributed by atoms with Crippen LogP contribution in [0.15, 0.2) is 35.3 Å². The molecule has 0 fully saturated rings. The molecule has 0 saturated carbocycles. The molecule has 5 heteroatoms. The lowest BCUT2D eigenvalue weighted by Gasteiger charge is -2.04. The fourth-order valence-corrected chi connectivity index (χ4v) is 2.07. The van der Waals surface area contributed by atoms with E-state index < -0.39 is 0 Å². The van der Waals surface area contributed by atoms with E-state index in [2.05, 4.69) is 9.98 Å². The normalized spacial score (nSPS) is 11.7. The predicted molar refractivity (Wildman–Crippen MR) is 78.5 cm³/mol. The maximum Gasteiger partial charge on any atom is 0.176 e. The minimum atomic E-state index is -0.0424. The number of aromatic nitrogens is 1. The summed E-state index contributed by atoms with van der Waals surface area (Å²) in [4.78, 5) is 18.9. The van der Waals surface area contributed by atoms with Crippen molar-refractivity contribution >= 4 is 23.1 Å². The van der Waals surface area contributed by atoms with E-state index in [9.17, 15) is 9.90 Å². The zero-order valence-electron chi connectivity index (χ0n) is 11.3. The van der Waals surface area contributed by atoms with Crippen LogP contribution in [0.25, 0.3) is 0 Å². The number of aromatic amines is 1. The molecule has 1 heterocycles. The van der Waals surface area contributed by atoms with Crippen LogP contribution in [0.4, 0.5) is 5.69 Å². The number of phenolic OH excluding ortho intramolecular Hbond substituents is 1. The van der Waals surface area contributed by atoms with Gasteiger partial charge in [0, 0.05) is 18.0 Å². The number of halogens is 1. The Labute approximate surface area is 121 Å². The van der Waals surface area contributed by atoms with Crippen molar-refractivity contribution in [1.82, 2.24) is 4.98 Å². The molecule has 0 atom stereocenters. The second-order valence-electron chi connectivity index (χ2n) is 4.40. The third kappa shape index (κ3) is 3.08. The van der Waals surface area contributed by atoms with Crippen molar-refractivity contribution in [3.8, 4) is 5.75 Å². The Hall–Kier alpha value is -2.07. The zero-order valence-corrected chi connectivity index (χ0v) is 12.0. The number of aryl methyl sites for hydroxylation is 1. The molecular formula is C15H15ClN2O2. The van der Waals surface area contributed by atoms with E-state index in [1.165, 1.54) is 13.0 Å². The van der Waals surface area contributed by atoms with Crippen molar-refractivity contribution in [2.24, 2.45) is 4.99 Å². The first kappa shape index (κ1) is 14.3. The summed E-state index contributed by atoms with van der Waals surface area (Å²) in [7, 11) is 0. The number of aromatic hydroxyl groups is 1. The standard InChI is InChI=1S/C15H15ClN2O2/c1-3-10-4-7-14(18-15(10)9(2)19)17-12-6-5-11(16)8-13(12)20/h4-8,20H,3H2,1-2H3,(H,17,18). The van der Waals surface area contributed by atoms with Crippen LogP contribution in [0.1, 0.15) is 29.9 Å². The molecule has 2 rings (SSSR count). The van der Waals surface area contributed by atoms with Gasteiger partial charge in [-0.15, -0.1) is 0 Å². The molecule has 0 saturated heterocycles. The quantitative estimate of drug-likeness (QED) is 0.851. The lowest BCUT2D eigenvalue weighted by molar-refractivity contribution is 0.101. The number of carbonyl (C=O) groups excluding carboxylic acids is 1. The van der Waals surface area contributed by atoms with Gasteiger partial charge in [0.05, 0.1) is 5.69 Å². The number of hydrogen-bond donors (Lipinski definition) is 2. The van der Waals surface area contributed by atoms with Crippen LogP contribution in [0.5, 0.6) is 5.75 Å². The maximum atomic E-state index is 11.6. The van der Waals surface area contributed by atoms with Crippen molar-refractivity contribution in [3.63, 3.8) is 0 Å². The Morgan fingerprint density at radius 1 is 1.35 bits per heavy atom. The fraction of sp³-hybridized carbons (Fsp3) is 0.200. The summed E-state index contributed by atoms with van der Waals surface area (Å²) in [6, 6.07) is 8.32. The van der Waals surface area contributed by atoms with Gasteiger partial charge in [-0.1, -0.05) is 24.6 Å². The number of Topliss-reactive ketones (excluding diaryl/α,β-unsaturated/α-hetero) is 1. The van der Waals surface area contributed by atoms with Gasteiger partial charge >= 0.3 is 0 Å². The van der Waals surface area contributed by atoms with Crippen molar-refractivity contribution in [2.75, 3.05) is 0 Å². The minimum Gasteiger partial charge on any atom is -0.506 e. The van der Waals surface area contributed by atoms with Crippen LogP contribution in [-0.4, -0.2) is 15.9 Å². The first-order valence-corrected chi connectivity index (χ1v) is 6.65. The van der Waals surface area contributed by atoms with E-state index in [-0.39, 0.29) is 11.5 Å². The molecule has 4 nitrogen and oxygen atoms in total. The van der Waals surface area contributed by atoms with Gasteiger partial charge in [-0.05, 0) is 30.2 Å². The second-order valence-corrected chi connectivity index (χ2v) is 4.83. The molecule has 0 amide bonds. The van der Waals surface area contributed by atoms with E-state index in [0.717, 1.165) is 12.0 Å². The highest BCUT2D eigenvalue weighted by molar-refractivity contribution is 6.30. The average Bonchev–Trinajstić information content (AvgIpc) is 2.41. The number of nitrogens with one attached hydrogen (secondary N) is 1. The van der Waals surface area contributed by atoms with Gasteiger partial charge in [-0.25, -0.2) is 4.99 Å². The van der Waals surface area contributed by atoms with Gasteiger partial charge in [0.2, 0.25) is 0 Å². The molecule has 0 aliphatic rings. The van der Waals surface area contributed by atoms with Gasteiger partial charge in [-0.2, -0.15) is 0 Å². The summed E-state index contributed by atoms with van der Waals surface area (Å²) >= 11 is 5.77. The smallest absolute Gasteiger partial charge is 0.176 e. The molecule has 1 aromatic carbocycles. The SMILES string of the molecule is CCc1ccc(=Nc2ccc(Cl)cc2O)[nH]c1C(C)=O. The average molecular weight is 291 g/mol. The molecule has 0 aliphatic heterocycles. The highest BCUT2D eigenvalue weighted by Gasteiger charge is 2.06. The van der Waals surface area contributed by atoms with Crippen molar-refractivity contribution in [1.29, 1.82) is 0 Å². The maximum absolute atomic E-state index is 11.6. The number of nitrogens with zero attached hydrogens (tertiary/aromatic N) is 1. The topological polar surface area (TPSA) is 65.5 Å². The molecule has 0 unspecified atom stereocenters. The van der Waals surface area contributed by atoms with E-state index in [1.54, 1.807) is 18.2 Å². The molecular weight excluding hydrogens is 276 g/mol. The number of pyridine rings is 1. The molecule has 0 radical (unpaired) electrons. The van der Waals surface area contributed by atoms with E-state index in [0.29, 0.717) is 21.9 Å². The summed E-state index contributed by atoms with van der Waals surface area (Å²) in [5, 5.41) is 10.2. The van der Waals surface area contributed by atoms with Crippen molar-refractivity contribution in [2.45, 2.75) is 20.3 Å². The Bertz CT molecular complexity index is 720. The van der Waals surface area contributed by atoms with Crippen molar-refractivity contribution < 1.29 is 9.90 Å². The molecule has 0 spiro atoms. The van der Waals surface area contributed by atoms with Crippen LogP contribution in [0, 0.1) is 0 Å². The summed E-state index contributed by atoms with van der Waals surface area (Å²) < 4.78 is 0. The molecule has 2 N–H and O–H groups in total. The lowest BCUT2D eigenvalue weighted by atomic mass is 10.1. The molecule has 1 aromatic heterocycles. The molecule has 0 bridgehead atoms. The number of ketones is 1.